The summed E-state index contributed by atoms with van der Waals surface area (Å²) in [5.74, 6) is 1.41. The minimum atomic E-state index is -2.44. The minimum Gasteiger partial charge on any atom is -0.462 e. The topological polar surface area (TPSA) is 34.4 Å². The van der Waals surface area contributed by atoms with Crippen LogP contribution >= 0.6 is 0 Å². The Labute approximate surface area is 100 Å². The van der Waals surface area contributed by atoms with Crippen molar-refractivity contribution < 1.29 is 17.9 Å². The van der Waals surface area contributed by atoms with E-state index in [1.807, 2.05) is 26.8 Å². The van der Waals surface area contributed by atoms with Crippen LogP contribution in [0.3, 0.4) is 0 Å². The SMILES string of the molecule is Cc1cc(COCC(F)F)oc1CNC(C)C. The number of ether oxygens (including phenoxy) is 1. The summed E-state index contributed by atoms with van der Waals surface area (Å²) in [5, 5.41) is 3.24. The van der Waals surface area contributed by atoms with E-state index in [0.717, 1.165) is 11.3 Å². The fraction of sp³-hybridized carbons (Fsp3) is 0.667. The van der Waals surface area contributed by atoms with Gasteiger partial charge in [0.05, 0.1) is 6.54 Å². The molecule has 0 spiro atoms. The van der Waals surface area contributed by atoms with E-state index in [0.29, 0.717) is 18.3 Å². The summed E-state index contributed by atoms with van der Waals surface area (Å²) in [7, 11) is 0. The zero-order valence-corrected chi connectivity index (χ0v) is 10.4. The van der Waals surface area contributed by atoms with E-state index < -0.39 is 13.0 Å². The Morgan fingerprint density at radius 3 is 2.71 bits per heavy atom. The molecule has 1 aromatic rings. The van der Waals surface area contributed by atoms with E-state index in [2.05, 4.69) is 5.32 Å². The Morgan fingerprint density at radius 2 is 2.12 bits per heavy atom. The van der Waals surface area contributed by atoms with Crippen LogP contribution in [0.1, 0.15) is 30.9 Å². The van der Waals surface area contributed by atoms with Gasteiger partial charge < -0.3 is 14.5 Å². The molecular weight excluding hydrogens is 228 g/mol. The molecule has 0 unspecified atom stereocenters. The molecule has 0 atom stereocenters. The molecule has 0 aliphatic heterocycles. The Kier molecular flexibility index (Phi) is 5.58. The van der Waals surface area contributed by atoms with Gasteiger partial charge >= 0.3 is 0 Å². The number of alkyl halides is 2. The van der Waals surface area contributed by atoms with Crippen LogP contribution in [-0.4, -0.2) is 19.1 Å². The minimum absolute atomic E-state index is 0.0901. The second-order valence-corrected chi connectivity index (χ2v) is 4.26. The summed E-state index contributed by atoms with van der Waals surface area (Å²) in [5.41, 5.74) is 1.01. The molecule has 0 bridgehead atoms. The highest BCUT2D eigenvalue weighted by Gasteiger charge is 2.09. The maximum Gasteiger partial charge on any atom is 0.261 e. The maximum absolute atomic E-state index is 11.9. The molecule has 0 aliphatic carbocycles. The van der Waals surface area contributed by atoms with Crippen molar-refractivity contribution in [3.63, 3.8) is 0 Å². The Morgan fingerprint density at radius 1 is 1.41 bits per heavy atom. The van der Waals surface area contributed by atoms with E-state index in [1.165, 1.54) is 0 Å². The van der Waals surface area contributed by atoms with Crippen molar-refractivity contribution in [1.82, 2.24) is 5.32 Å². The standard InChI is InChI=1S/C12H19F2NO2/c1-8(2)15-5-11-9(3)4-10(17-11)6-16-7-12(13)14/h4,8,12,15H,5-7H2,1-3H3. The van der Waals surface area contributed by atoms with Crippen molar-refractivity contribution >= 4 is 0 Å². The summed E-state index contributed by atoms with van der Waals surface area (Å²) >= 11 is 0. The van der Waals surface area contributed by atoms with Gasteiger partial charge in [-0.2, -0.15) is 0 Å². The average Bonchev–Trinajstić information content (AvgIpc) is 2.55. The number of aryl methyl sites for hydroxylation is 1. The lowest BCUT2D eigenvalue weighted by molar-refractivity contribution is 0.00426. The van der Waals surface area contributed by atoms with E-state index in [4.69, 9.17) is 9.15 Å². The number of hydrogen-bond acceptors (Lipinski definition) is 3. The van der Waals surface area contributed by atoms with Crippen LogP contribution in [0.15, 0.2) is 10.5 Å². The molecule has 0 aliphatic rings. The quantitative estimate of drug-likeness (QED) is 0.804. The predicted molar refractivity (Wildman–Crippen MR) is 61.1 cm³/mol. The molecular formula is C12H19F2NO2. The first-order valence-electron chi connectivity index (χ1n) is 5.66. The molecule has 0 radical (unpaired) electrons. The van der Waals surface area contributed by atoms with Gasteiger partial charge in [0.25, 0.3) is 6.43 Å². The molecule has 0 fully saturated rings. The molecule has 17 heavy (non-hydrogen) atoms. The molecule has 1 aromatic heterocycles. The second-order valence-electron chi connectivity index (χ2n) is 4.26. The summed E-state index contributed by atoms with van der Waals surface area (Å²) in [6.45, 7) is 6.19. The monoisotopic (exact) mass is 247 g/mol. The van der Waals surface area contributed by atoms with Gasteiger partial charge in [-0.25, -0.2) is 8.78 Å². The predicted octanol–water partition coefficient (Wildman–Crippen LogP) is 2.87. The van der Waals surface area contributed by atoms with E-state index in [-0.39, 0.29) is 6.61 Å². The van der Waals surface area contributed by atoms with Gasteiger partial charge in [0.2, 0.25) is 0 Å². The Hall–Kier alpha value is -0.940. The Bertz CT molecular complexity index is 337. The third-order valence-corrected chi connectivity index (χ3v) is 2.23. The number of rotatable bonds is 7. The van der Waals surface area contributed by atoms with Crippen LogP contribution in [-0.2, 0) is 17.9 Å². The molecule has 3 nitrogen and oxygen atoms in total. The second kappa shape index (κ2) is 6.71. The van der Waals surface area contributed by atoms with Crippen molar-refractivity contribution in [3.05, 3.63) is 23.2 Å². The molecule has 0 aromatic carbocycles. The van der Waals surface area contributed by atoms with Crippen molar-refractivity contribution in [3.8, 4) is 0 Å². The summed E-state index contributed by atoms with van der Waals surface area (Å²) in [6, 6.07) is 2.20. The van der Waals surface area contributed by atoms with Gasteiger partial charge in [0.1, 0.15) is 24.7 Å². The van der Waals surface area contributed by atoms with Crippen molar-refractivity contribution in [2.75, 3.05) is 6.61 Å². The summed E-state index contributed by atoms with van der Waals surface area (Å²) in [4.78, 5) is 0. The molecule has 1 rings (SSSR count). The molecule has 0 saturated carbocycles. The van der Waals surface area contributed by atoms with E-state index in [1.54, 1.807) is 0 Å². The van der Waals surface area contributed by atoms with Crippen molar-refractivity contribution in [1.29, 1.82) is 0 Å². The molecule has 5 heteroatoms. The third-order valence-electron chi connectivity index (χ3n) is 2.23. The van der Waals surface area contributed by atoms with Crippen molar-refractivity contribution in [2.45, 2.75) is 46.4 Å². The van der Waals surface area contributed by atoms with Gasteiger partial charge in [-0.1, -0.05) is 13.8 Å². The van der Waals surface area contributed by atoms with Crippen LogP contribution in [0.5, 0.6) is 0 Å². The average molecular weight is 247 g/mol. The highest BCUT2D eigenvalue weighted by Crippen LogP contribution is 2.15. The van der Waals surface area contributed by atoms with Gasteiger partial charge in [0.15, 0.2) is 0 Å². The zero-order chi connectivity index (χ0) is 12.8. The van der Waals surface area contributed by atoms with Crippen molar-refractivity contribution in [2.24, 2.45) is 0 Å². The smallest absolute Gasteiger partial charge is 0.261 e. The zero-order valence-electron chi connectivity index (χ0n) is 10.4. The van der Waals surface area contributed by atoms with Gasteiger partial charge in [-0.3, -0.25) is 0 Å². The normalized spacial score (nSPS) is 11.7. The van der Waals surface area contributed by atoms with Gasteiger partial charge in [0, 0.05) is 6.04 Å². The van der Waals surface area contributed by atoms with Gasteiger partial charge in [-0.05, 0) is 18.6 Å². The number of halogens is 2. The summed E-state index contributed by atoms with van der Waals surface area (Å²) in [6.07, 6.45) is -2.44. The molecule has 1 heterocycles. The number of hydrogen-bond donors (Lipinski definition) is 1. The first-order chi connectivity index (χ1) is 7.99. The van der Waals surface area contributed by atoms with Crippen LogP contribution in [0.25, 0.3) is 0 Å². The highest BCUT2D eigenvalue weighted by molar-refractivity contribution is 5.19. The molecule has 0 amide bonds. The fourth-order valence-corrected chi connectivity index (χ4v) is 1.38. The lowest BCUT2D eigenvalue weighted by Crippen LogP contribution is -2.21. The maximum atomic E-state index is 11.9. The first kappa shape index (κ1) is 14.1. The van der Waals surface area contributed by atoms with Crippen LogP contribution in [0, 0.1) is 6.92 Å². The first-order valence-corrected chi connectivity index (χ1v) is 5.66. The van der Waals surface area contributed by atoms with E-state index in [9.17, 15) is 8.78 Å². The van der Waals surface area contributed by atoms with E-state index >= 15 is 0 Å². The van der Waals surface area contributed by atoms with Crippen LogP contribution < -0.4 is 5.32 Å². The van der Waals surface area contributed by atoms with Crippen LogP contribution in [0.2, 0.25) is 0 Å². The third kappa shape index (κ3) is 5.28. The lowest BCUT2D eigenvalue weighted by Gasteiger charge is -2.06. The largest absolute Gasteiger partial charge is 0.462 e. The lowest BCUT2D eigenvalue weighted by atomic mass is 10.2. The highest BCUT2D eigenvalue weighted by atomic mass is 19.3. The molecule has 0 saturated heterocycles. The van der Waals surface area contributed by atoms with Crippen LogP contribution in [0.4, 0.5) is 8.78 Å². The number of furan rings is 1. The summed E-state index contributed by atoms with van der Waals surface area (Å²) < 4.78 is 34.1. The Balaban J connectivity index is 2.44. The molecule has 98 valence electrons. The fourth-order valence-electron chi connectivity index (χ4n) is 1.38. The molecule has 1 N–H and O–H groups in total. The number of nitrogens with one attached hydrogen (secondary N) is 1. The van der Waals surface area contributed by atoms with Gasteiger partial charge in [-0.15, -0.1) is 0 Å².